The number of carboxylic acid groups (broad SMARTS) is 1. The molecule has 158 valence electrons. The van der Waals surface area contributed by atoms with E-state index in [0.717, 1.165) is 0 Å². The van der Waals surface area contributed by atoms with Gasteiger partial charge >= 0.3 is 47.7 Å². The van der Waals surface area contributed by atoms with Crippen LogP contribution in [-0.2, 0) is 4.79 Å². The Hall–Kier alpha value is -1.65. The molecule has 0 radical (unpaired) electrons. The Morgan fingerprint density at radius 3 is 0.962 bits per heavy atom. The highest BCUT2D eigenvalue weighted by Gasteiger charge is 2.94. The third kappa shape index (κ3) is 2.99. The van der Waals surface area contributed by atoms with E-state index in [1.807, 2.05) is 0 Å². The van der Waals surface area contributed by atoms with Crippen molar-refractivity contribution in [1.82, 2.24) is 0 Å². The molecular formula is C8H2F16O2. The summed E-state index contributed by atoms with van der Waals surface area (Å²) in [5, 5.41) is 7.57. The second-order valence-electron chi connectivity index (χ2n) is 4.25. The molecule has 0 aromatic rings. The van der Waals surface area contributed by atoms with E-state index in [9.17, 15) is 70.7 Å². The molecule has 0 aliphatic heterocycles. The molecule has 0 aliphatic rings. The number of carboxylic acids is 1. The molecule has 0 rings (SSSR count). The van der Waals surface area contributed by atoms with Crippen molar-refractivity contribution in [2.75, 3.05) is 0 Å². The summed E-state index contributed by atoms with van der Waals surface area (Å²) in [5.74, 6) is -52.8. The molecule has 1 N–H and O–H groups in total. The monoisotopic (exact) mass is 434 g/mol. The zero-order chi connectivity index (χ0) is 21.1. The summed E-state index contributed by atoms with van der Waals surface area (Å²) in [5.41, 5.74) is 0. The highest BCUT2D eigenvalue weighted by atomic mass is 19.4. The van der Waals surface area contributed by atoms with Crippen molar-refractivity contribution in [1.29, 1.82) is 0 Å². The summed E-state index contributed by atoms with van der Waals surface area (Å²) in [4.78, 5) is 9.72. The number of halogens is 16. The normalized spacial score (nSPS) is 15.5. The van der Waals surface area contributed by atoms with E-state index >= 15 is 0 Å². The predicted octanol–water partition coefficient (Wildman–Crippen LogP) is 4.60. The molecule has 0 aliphatic carbocycles. The lowest BCUT2D eigenvalue weighted by atomic mass is 9.91. The molecule has 0 heterocycles. The molecule has 2 nitrogen and oxygen atoms in total. The summed E-state index contributed by atoms with van der Waals surface area (Å²) >= 11 is 0. The van der Waals surface area contributed by atoms with Gasteiger partial charge in [-0.2, -0.15) is 65.9 Å². The van der Waals surface area contributed by atoms with Crippen LogP contribution in [0, 0.1) is 0 Å². The van der Waals surface area contributed by atoms with E-state index in [1.54, 1.807) is 0 Å². The fourth-order valence-electron chi connectivity index (χ4n) is 1.10. The van der Waals surface area contributed by atoms with Gasteiger partial charge < -0.3 is 5.11 Å². The molecule has 0 unspecified atom stereocenters. The molecule has 26 heavy (non-hydrogen) atoms. The van der Waals surface area contributed by atoms with Gasteiger partial charge in [0.1, 0.15) is 0 Å². The molecule has 0 saturated carbocycles. The zero-order valence-electron chi connectivity index (χ0n) is 10.9. The summed E-state index contributed by atoms with van der Waals surface area (Å²) < 4.78 is 187. The first-order chi connectivity index (χ1) is 10.4. The number of alkyl halides is 15. The zero-order valence-corrected chi connectivity index (χ0v) is 10.9. The van der Waals surface area contributed by atoms with E-state index < -0.39 is 47.7 Å². The minimum absolute atomic E-state index is 0. The fraction of sp³-hybridized carbons (Fsp3) is 0.875. The van der Waals surface area contributed by atoms with Crippen molar-refractivity contribution in [3.63, 3.8) is 0 Å². The van der Waals surface area contributed by atoms with Gasteiger partial charge in [0.2, 0.25) is 0 Å². The maximum absolute atomic E-state index is 12.8. The smallest absolute Gasteiger partial charge is 0.460 e. The quantitative estimate of drug-likeness (QED) is 0.621. The fourth-order valence-corrected chi connectivity index (χ4v) is 1.10. The van der Waals surface area contributed by atoms with Crippen molar-refractivity contribution in [3.05, 3.63) is 0 Å². The topological polar surface area (TPSA) is 37.3 Å². The van der Waals surface area contributed by atoms with E-state index in [-0.39, 0.29) is 4.70 Å². The van der Waals surface area contributed by atoms with E-state index in [4.69, 9.17) is 5.11 Å². The van der Waals surface area contributed by atoms with Crippen LogP contribution in [-0.4, -0.2) is 52.8 Å². The lowest BCUT2D eigenvalue weighted by Gasteiger charge is -2.40. The van der Waals surface area contributed by atoms with Crippen LogP contribution in [0.2, 0.25) is 0 Å². The first-order valence-electron chi connectivity index (χ1n) is 5.01. The predicted molar refractivity (Wildman–Crippen MR) is 45.9 cm³/mol. The van der Waals surface area contributed by atoms with Gasteiger partial charge in [-0.15, -0.1) is 0 Å². The van der Waals surface area contributed by atoms with Gasteiger partial charge in [0.25, 0.3) is 0 Å². The number of hydrogen-bond donors (Lipinski definition) is 1. The van der Waals surface area contributed by atoms with Crippen molar-refractivity contribution in [3.8, 4) is 0 Å². The van der Waals surface area contributed by atoms with Crippen molar-refractivity contribution in [2.45, 2.75) is 41.7 Å². The van der Waals surface area contributed by atoms with Crippen LogP contribution >= 0.6 is 0 Å². The van der Waals surface area contributed by atoms with Crippen molar-refractivity contribution >= 4 is 5.97 Å². The van der Waals surface area contributed by atoms with E-state index in [0.29, 0.717) is 0 Å². The van der Waals surface area contributed by atoms with Gasteiger partial charge in [0.05, 0.1) is 0 Å². The third-order valence-electron chi connectivity index (χ3n) is 2.60. The summed E-state index contributed by atoms with van der Waals surface area (Å²) in [6, 6.07) is 0. The van der Waals surface area contributed by atoms with Gasteiger partial charge in [-0.25, -0.2) is 4.79 Å². The first-order valence-corrected chi connectivity index (χ1v) is 5.01. The van der Waals surface area contributed by atoms with Crippen LogP contribution in [0.15, 0.2) is 0 Å². The SMILES string of the molecule is F.O=C(O)C(F)(F)C(F)(F)C(F)(F)C(F)(F)C(F)(F)C(F)(F)C(F)(F)F. The largest absolute Gasteiger partial charge is 0.477 e. The highest BCUT2D eigenvalue weighted by Crippen LogP contribution is 2.62. The van der Waals surface area contributed by atoms with Crippen LogP contribution in [0.1, 0.15) is 0 Å². The summed E-state index contributed by atoms with van der Waals surface area (Å²) in [7, 11) is 0. The average Bonchev–Trinajstić information content (AvgIpc) is 2.35. The van der Waals surface area contributed by atoms with Crippen LogP contribution in [0.25, 0.3) is 0 Å². The highest BCUT2D eigenvalue weighted by molar-refractivity contribution is 5.77. The maximum atomic E-state index is 12.8. The summed E-state index contributed by atoms with van der Waals surface area (Å²) in [6.07, 6.45) is -7.69. The summed E-state index contributed by atoms with van der Waals surface area (Å²) in [6.45, 7) is 0. The number of rotatable bonds is 6. The standard InChI is InChI=1S/C8HF15O2.FH/c9-2(10,1(24)25)3(11,12)4(13,14)5(15,16)6(17,18)7(19,20)8(21,22)23;/h(H,24,25);1H. The molecule has 0 aromatic carbocycles. The number of aliphatic carboxylic acids is 1. The molecule has 0 fully saturated rings. The second kappa shape index (κ2) is 6.21. The lowest BCUT2D eigenvalue weighted by Crippen LogP contribution is -2.73. The molecule has 0 bridgehead atoms. The Labute approximate surface area is 129 Å². The molecule has 0 atom stereocenters. The molecule has 0 saturated heterocycles. The first kappa shape index (κ1) is 26.6. The third-order valence-corrected chi connectivity index (χ3v) is 2.60. The molecule has 18 heteroatoms. The van der Waals surface area contributed by atoms with Crippen LogP contribution in [0.3, 0.4) is 0 Å². The number of carbonyl (C=O) groups is 1. The molecular weight excluding hydrogens is 432 g/mol. The van der Waals surface area contributed by atoms with Gasteiger partial charge in [0.15, 0.2) is 0 Å². The van der Waals surface area contributed by atoms with Crippen molar-refractivity contribution in [2.24, 2.45) is 0 Å². The maximum Gasteiger partial charge on any atom is 0.460 e. The molecule has 0 amide bonds. The minimum Gasteiger partial charge on any atom is -0.477 e. The minimum atomic E-state index is -8.47. The van der Waals surface area contributed by atoms with Crippen LogP contribution < -0.4 is 0 Å². The molecule has 0 spiro atoms. The van der Waals surface area contributed by atoms with Crippen LogP contribution in [0.5, 0.6) is 0 Å². The Kier molecular flexibility index (Phi) is 6.34. The van der Waals surface area contributed by atoms with Gasteiger partial charge in [-0.1, -0.05) is 0 Å². The Bertz CT molecular complexity index is 531. The van der Waals surface area contributed by atoms with Gasteiger partial charge in [-0.3, -0.25) is 4.70 Å². The number of hydrogen-bond acceptors (Lipinski definition) is 1. The van der Waals surface area contributed by atoms with E-state index in [2.05, 4.69) is 0 Å². The second-order valence-corrected chi connectivity index (χ2v) is 4.25. The average molecular weight is 434 g/mol. The van der Waals surface area contributed by atoms with Crippen LogP contribution in [0.4, 0.5) is 70.6 Å². The van der Waals surface area contributed by atoms with Gasteiger partial charge in [-0.05, 0) is 0 Å². The van der Waals surface area contributed by atoms with Gasteiger partial charge in [0, 0.05) is 0 Å². The van der Waals surface area contributed by atoms with E-state index in [1.165, 1.54) is 0 Å². The Morgan fingerprint density at radius 2 is 0.731 bits per heavy atom. The molecule has 0 aromatic heterocycles. The van der Waals surface area contributed by atoms with Crippen molar-refractivity contribution < 1.29 is 80.5 Å². The Balaban J connectivity index is 0. The lowest BCUT2D eigenvalue weighted by molar-refractivity contribution is -0.450. The Morgan fingerprint density at radius 1 is 0.500 bits per heavy atom.